The van der Waals surface area contributed by atoms with Crippen molar-refractivity contribution in [3.8, 4) is 0 Å². The molecule has 0 aliphatic rings. The maximum Gasteiger partial charge on any atom is 0.408 e. The fourth-order valence-electron chi connectivity index (χ4n) is 1.86. The highest BCUT2D eigenvalue weighted by Crippen LogP contribution is 2.09. The van der Waals surface area contributed by atoms with E-state index in [0.29, 0.717) is 12.8 Å². The van der Waals surface area contributed by atoms with Crippen LogP contribution in [-0.2, 0) is 16.0 Å². The molecule has 1 unspecified atom stereocenters. The Morgan fingerprint density at radius 3 is 2.38 bits per heavy atom. The summed E-state index contributed by atoms with van der Waals surface area (Å²) in [6.45, 7) is 5.20. The summed E-state index contributed by atoms with van der Waals surface area (Å²) >= 11 is 0. The van der Waals surface area contributed by atoms with Gasteiger partial charge in [-0.05, 0) is 45.6 Å². The summed E-state index contributed by atoms with van der Waals surface area (Å²) in [4.78, 5) is 22.8. The number of hydrogen-bond donors (Lipinski definition) is 2. The van der Waals surface area contributed by atoms with E-state index in [4.69, 9.17) is 9.84 Å². The molecule has 0 aromatic heterocycles. The second-order valence-corrected chi connectivity index (χ2v) is 5.91. The van der Waals surface area contributed by atoms with E-state index in [9.17, 15) is 9.59 Å². The number of aliphatic carboxylic acids is 1. The van der Waals surface area contributed by atoms with E-state index in [1.807, 2.05) is 30.3 Å². The lowest BCUT2D eigenvalue weighted by molar-refractivity contribution is -0.139. The zero-order valence-corrected chi connectivity index (χ0v) is 12.8. The molecule has 1 aromatic rings. The van der Waals surface area contributed by atoms with E-state index in [2.05, 4.69) is 5.32 Å². The quantitative estimate of drug-likeness (QED) is 0.845. The van der Waals surface area contributed by atoms with Crippen molar-refractivity contribution < 1.29 is 19.4 Å². The largest absolute Gasteiger partial charge is 0.480 e. The lowest BCUT2D eigenvalue weighted by Gasteiger charge is -2.22. The molecule has 21 heavy (non-hydrogen) atoms. The molecule has 0 radical (unpaired) electrons. The van der Waals surface area contributed by atoms with Gasteiger partial charge in [0.15, 0.2) is 0 Å². The molecular weight excluding hydrogens is 270 g/mol. The van der Waals surface area contributed by atoms with Gasteiger partial charge in [-0.15, -0.1) is 0 Å². The average molecular weight is 293 g/mol. The maximum atomic E-state index is 11.6. The van der Waals surface area contributed by atoms with Crippen LogP contribution in [0.5, 0.6) is 0 Å². The molecule has 0 fully saturated rings. The SMILES string of the molecule is CC(C)(C)OC(=O)NC(CCCc1ccccc1)C(=O)O. The Bertz CT molecular complexity index is 465. The average Bonchev–Trinajstić information content (AvgIpc) is 2.36. The van der Waals surface area contributed by atoms with Gasteiger partial charge in [-0.25, -0.2) is 9.59 Å². The number of alkyl carbamates (subject to hydrolysis) is 1. The predicted molar refractivity (Wildman–Crippen MR) is 80.2 cm³/mol. The number of aryl methyl sites for hydroxylation is 1. The smallest absolute Gasteiger partial charge is 0.408 e. The van der Waals surface area contributed by atoms with E-state index < -0.39 is 23.7 Å². The Morgan fingerprint density at radius 1 is 1.24 bits per heavy atom. The topological polar surface area (TPSA) is 75.6 Å². The van der Waals surface area contributed by atoms with Crippen LogP contribution < -0.4 is 5.32 Å². The van der Waals surface area contributed by atoms with Gasteiger partial charge in [-0.2, -0.15) is 0 Å². The van der Waals surface area contributed by atoms with Crippen LogP contribution >= 0.6 is 0 Å². The first kappa shape index (κ1) is 17.0. The first-order valence-corrected chi connectivity index (χ1v) is 7.04. The molecular formula is C16H23NO4. The zero-order chi connectivity index (χ0) is 15.9. The number of carbonyl (C=O) groups excluding carboxylic acids is 1. The fourth-order valence-corrected chi connectivity index (χ4v) is 1.86. The summed E-state index contributed by atoms with van der Waals surface area (Å²) in [5, 5.41) is 11.5. The Kier molecular flexibility index (Phi) is 6.21. The van der Waals surface area contributed by atoms with E-state index in [1.54, 1.807) is 20.8 Å². The molecule has 0 saturated carbocycles. The summed E-state index contributed by atoms with van der Waals surface area (Å²) in [6, 6.07) is 8.90. The lowest BCUT2D eigenvalue weighted by Crippen LogP contribution is -2.43. The van der Waals surface area contributed by atoms with Crippen molar-refractivity contribution in [3.05, 3.63) is 35.9 Å². The van der Waals surface area contributed by atoms with Gasteiger partial charge < -0.3 is 15.2 Å². The number of nitrogens with one attached hydrogen (secondary N) is 1. The summed E-state index contributed by atoms with van der Waals surface area (Å²) in [5.41, 5.74) is 0.510. The first-order valence-electron chi connectivity index (χ1n) is 7.04. The van der Waals surface area contributed by atoms with Gasteiger partial charge in [0.25, 0.3) is 0 Å². The molecule has 1 amide bonds. The number of benzene rings is 1. The molecule has 2 N–H and O–H groups in total. The highest BCUT2D eigenvalue weighted by molar-refractivity contribution is 5.79. The predicted octanol–water partition coefficient (Wildman–Crippen LogP) is 2.99. The minimum Gasteiger partial charge on any atom is -0.480 e. The zero-order valence-electron chi connectivity index (χ0n) is 12.8. The van der Waals surface area contributed by atoms with Gasteiger partial charge >= 0.3 is 12.1 Å². The highest BCUT2D eigenvalue weighted by Gasteiger charge is 2.23. The molecule has 0 bridgehead atoms. The number of carboxylic acids is 1. The van der Waals surface area contributed by atoms with Crippen LogP contribution in [0.25, 0.3) is 0 Å². The Hall–Kier alpha value is -2.04. The van der Waals surface area contributed by atoms with Gasteiger partial charge in [0.05, 0.1) is 0 Å². The summed E-state index contributed by atoms with van der Waals surface area (Å²) in [5.74, 6) is -1.05. The van der Waals surface area contributed by atoms with Crippen LogP contribution in [0.15, 0.2) is 30.3 Å². The number of hydrogen-bond acceptors (Lipinski definition) is 3. The van der Waals surface area contributed by atoms with Crippen molar-refractivity contribution in [1.29, 1.82) is 0 Å². The second-order valence-electron chi connectivity index (χ2n) is 5.91. The Balaban J connectivity index is 2.43. The van der Waals surface area contributed by atoms with Crippen molar-refractivity contribution in [2.24, 2.45) is 0 Å². The lowest BCUT2D eigenvalue weighted by atomic mass is 10.0. The van der Waals surface area contributed by atoms with Gasteiger partial charge in [-0.3, -0.25) is 0 Å². The highest BCUT2D eigenvalue weighted by atomic mass is 16.6. The molecule has 0 spiro atoms. The third-order valence-electron chi connectivity index (χ3n) is 2.79. The number of rotatable bonds is 6. The molecule has 0 heterocycles. The van der Waals surface area contributed by atoms with Crippen molar-refractivity contribution in [2.45, 2.75) is 51.7 Å². The maximum absolute atomic E-state index is 11.6. The second kappa shape index (κ2) is 7.67. The monoisotopic (exact) mass is 293 g/mol. The van der Waals surface area contributed by atoms with E-state index in [0.717, 1.165) is 12.0 Å². The van der Waals surface area contributed by atoms with Gasteiger partial charge in [-0.1, -0.05) is 30.3 Å². The first-order chi connectivity index (χ1) is 9.78. The standard InChI is InChI=1S/C16H23NO4/c1-16(2,3)21-15(20)17-13(14(18)19)11-7-10-12-8-5-4-6-9-12/h4-6,8-9,13H,7,10-11H2,1-3H3,(H,17,20)(H,18,19). The van der Waals surface area contributed by atoms with Gasteiger partial charge in [0.1, 0.15) is 11.6 Å². The summed E-state index contributed by atoms with van der Waals surface area (Å²) in [7, 11) is 0. The number of amides is 1. The van der Waals surface area contributed by atoms with Crippen LogP contribution in [0.1, 0.15) is 39.2 Å². The van der Waals surface area contributed by atoms with Crippen LogP contribution in [0, 0.1) is 0 Å². The molecule has 0 aliphatic heterocycles. The molecule has 116 valence electrons. The van der Waals surface area contributed by atoms with E-state index >= 15 is 0 Å². The Morgan fingerprint density at radius 2 is 1.86 bits per heavy atom. The van der Waals surface area contributed by atoms with Crippen LogP contribution in [0.3, 0.4) is 0 Å². The van der Waals surface area contributed by atoms with Crippen molar-refractivity contribution >= 4 is 12.1 Å². The number of ether oxygens (including phenoxy) is 1. The molecule has 0 saturated heterocycles. The number of carboxylic acid groups (broad SMARTS) is 1. The molecule has 0 aliphatic carbocycles. The van der Waals surface area contributed by atoms with Crippen LogP contribution in [-0.4, -0.2) is 28.8 Å². The van der Waals surface area contributed by atoms with Crippen molar-refractivity contribution in [1.82, 2.24) is 5.32 Å². The normalized spacial score (nSPS) is 12.5. The molecule has 1 rings (SSSR count). The third kappa shape index (κ3) is 7.34. The van der Waals surface area contributed by atoms with Crippen LogP contribution in [0.4, 0.5) is 4.79 Å². The van der Waals surface area contributed by atoms with Gasteiger partial charge in [0, 0.05) is 0 Å². The van der Waals surface area contributed by atoms with E-state index in [1.165, 1.54) is 0 Å². The van der Waals surface area contributed by atoms with Crippen LogP contribution in [0.2, 0.25) is 0 Å². The minimum atomic E-state index is -1.05. The van der Waals surface area contributed by atoms with Crippen molar-refractivity contribution in [3.63, 3.8) is 0 Å². The minimum absolute atomic E-state index is 0.365. The Labute approximate surface area is 125 Å². The fraction of sp³-hybridized carbons (Fsp3) is 0.500. The van der Waals surface area contributed by atoms with Gasteiger partial charge in [0.2, 0.25) is 0 Å². The third-order valence-corrected chi connectivity index (χ3v) is 2.79. The van der Waals surface area contributed by atoms with E-state index in [-0.39, 0.29) is 0 Å². The molecule has 1 aromatic carbocycles. The number of carbonyl (C=O) groups is 2. The molecule has 5 nitrogen and oxygen atoms in total. The molecule has 5 heteroatoms. The molecule has 1 atom stereocenters. The van der Waals surface area contributed by atoms with Crippen molar-refractivity contribution in [2.75, 3.05) is 0 Å². The summed E-state index contributed by atoms with van der Waals surface area (Å²) in [6.07, 6.45) is 1.12. The summed E-state index contributed by atoms with van der Waals surface area (Å²) < 4.78 is 5.07.